The summed E-state index contributed by atoms with van der Waals surface area (Å²) in [7, 11) is 0. The molecule has 0 fully saturated rings. The molecule has 0 radical (unpaired) electrons. The van der Waals surface area contributed by atoms with Gasteiger partial charge in [0.1, 0.15) is 18.1 Å². The number of hydrogen-bond donors (Lipinski definition) is 2. The maximum Gasteiger partial charge on any atom is 0.276 e. The number of nitrogens with one attached hydrogen (secondary N) is 2. The molecule has 0 unspecified atom stereocenters. The van der Waals surface area contributed by atoms with Gasteiger partial charge in [-0.1, -0.05) is 30.3 Å². The lowest BCUT2D eigenvalue weighted by atomic mass is 10.2. The molecule has 0 aliphatic carbocycles. The molecule has 0 bridgehead atoms. The Morgan fingerprint density at radius 3 is 2.51 bits per heavy atom. The van der Waals surface area contributed by atoms with Crippen molar-refractivity contribution < 1.29 is 14.3 Å². The second kappa shape index (κ2) is 11.4. The number of benzene rings is 2. The SMILES string of the molecule is O=C(NCc1ccccn1)c1cccc(NC(=O)c2ccc(=O)n(CCOc3ccccc3)n2)c1. The standard InChI is InChI=1S/C26H23N5O4/c32-24-13-12-23(30-31(24)15-16-35-22-10-2-1-3-11-22)26(34)29-20-9-6-7-19(17-20)25(33)28-18-21-8-4-5-14-27-21/h1-14,17H,15-16,18H2,(H,28,33)(H,29,34). The highest BCUT2D eigenvalue weighted by Gasteiger charge is 2.12. The highest BCUT2D eigenvalue weighted by atomic mass is 16.5. The summed E-state index contributed by atoms with van der Waals surface area (Å²) < 4.78 is 6.78. The van der Waals surface area contributed by atoms with Crippen LogP contribution in [0.3, 0.4) is 0 Å². The van der Waals surface area contributed by atoms with Gasteiger partial charge in [0.15, 0.2) is 0 Å². The van der Waals surface area contributed by atoms with Gasteiger partial charge in [0.25, 0.3) is 17.4 Å². The second-order valence-electron chi connectivity index (χ2n) is 7.48. The summed E-state index contributed by atoms with van der Waals surface area (Å²) in [4.78, 5) is 41.5. The van der Waals surface area contributed by atoms with Crippen LogP contribution in [-0.2, 0) is 13.1 Å². The van der Waals surface area contributed by atoms with Crippen LogP contribution < -0.4 is 20.9 Å². The Balaban J connectivity index is 1.37. The van der Waals surface area contributed by atoms with Crippen molar-refractivity contribution >= 4 is 17.5 Å². The second-order valence-corrected chi connectivity index (χ2v) is 7.48. The largest absolute Gasteiger partial charge is 0.492 e. The Morgan fingerprint density at radius 2 is 1.71 bits per heavy atom. The number of ether oxygens (including phenoxy) is 1. The molecule has 2 amide bonds. The van der Waals surface area contributed by atoms with Crippen molar-refractivity contribution in [2.24, 2.45) is 0 Å². The van der Waals surface area contributed by atoms with Crippen LogP contribution in [0.2, 0.25) is 0 Å². The molecule has 4 aromatic rings. The molecule has 0 spiro atoms. The van der Waals surface area contributed by atoms with Gasteiger partial charge >= 0.3 is 0 Å². The maximum atomic E-state index is 12.7. The van der Waals surface area contributed by atoms with Crippen molar-refractivity contribution in [1.82, 2.24) is 20.1 Å². The van der Waals surface area contributed by atoms with Gasteiger partial charge < -0.3 is 15.4 Å². The van der Waals surface area contributed by atoms with E-state index in [-0.39, 0.29) is 36.9 Å². The first-order chi connectivity index (χ1) is 17.1. The van der Waals surface area contributed by atoms with E-state index < -0.39 is 5.91 Å². The third kappa shape index (κ3) is 6.61. The van der Waals surface area contributed by atoms with Crippen LogP contribution in [0, 0.1) is 0 Å². The third-order valence-electron chi connectivity index (χ3n) is 4.95. The molecule has 0 saturated carbocycles. The normalized spacial score (nSPS) is 10.4. The van der Waals surface area contributed by atoms with E-state index in [2.05, 4.69) is 20.7 Å². The lowest BCUT2D eigenvalue weighted by Gasteiger charge is -2.10. The quantitative estimate of drug-likeness (QED) is 0.390. The summed E-state index contributed by atoms with van der Waals surface area (Å²) in [6.45, 7) is 0.689. The number of hydrogen-bond acceptors (Lipinski definition) is 6. The van der Waals surface area contributed by atoms with E-state index in [0.29, 0.717) is 17.0 Å². The number of carbonyl (C=O) groups is 2. The smallest absolute Gasteiger partial charge is 0.276 e. The average molecular weight is 470 g/mol. The van der Waals surface area contributed by atoms with E-state index >= 15 is 0 Å². The minimum Gasteiger partial charge on any atom is -0.492 e. The average Bonchev–Trinajstić information content (AvgIpc) is 2.89. The fourth-order valence-corrected chi connectivity index (χ4v) is 3.21. The topological polar surface area (TPSA) is 115 Å². The minimum atomic E-state index is -0.506. The lowest BCUT2D eigenvalue weighted by Crippen LogP contribution is -2.28. The molecule has 0 aliphatic rings. The number of para-hydroxylation sites is 1. The van der Waals surface area contributed by atoms with Gasteiger partial charge in [-0.05, 0) is 48.5 Å². The van der Waals surface area contributed by atoms with E-state index in [0.717, 1.165) is 5.69 Å². The predicted molar refractivity (Wildman–Crippen MR) is 130 cm³/mol. The Morgan fingerprint density at radius 1 is 0.886 bits per heavy atom. The fourth-order valence-electron chi connectivity index (χ4n) is 3.21. The Hall–Kier alpha value is -4.79. The summed E-state index contributed by atoms with van der Waals surface area (Å²) in [5, 5.41) is 9.66. The monoisotopic (exact) mass is 469 g/mol. The zero-order valence-corrected chi connectivity index (χ0v) is 18.8. The molecule has 176 valence electrons. The first-order valence-electron chi connectivity index (χ1n) is 10.9. The molecule has 2 aromatic carbocycles. The van der Waals surface area contributed by atoms with E-state index in [1.165, 1.54) is 16.8 Å². The van der Waals surface area contributed by atoms with Crippen LogP contribution in [-0.4, -0.2) is 33.2 Å². The molecular weight excluding hydrogens is 446 g/mol. The zero-order valence-electron chi connectivity index (χ0n) is 18.8. The number of rotatable bonds is 9. The van der Waals surface area contributed by atoms with Gasteiger partial charge in [-0.3, -0.25) is 19.4 Å². The molecule has 0 atom stereocenters. The number of anilines is 1. The summed E-state index contributed by atoms with van der Waals surface area (Å²) >= 11 is 0. The van der Waals surface area contributed by atoms with Gasteiger partial charge in [-0.2, -0.15) is 5.10 Å². The molecule has 2 heterocycles. The van der Waals surface area contributed by atoms with Crippen molar-refractivity contribution in [3.63, 3.8) is 0 Å². The zero-order chi connectivity index (χ0) is 24.5. The summed E-state index contributed by atoms with van der Waals surface area (Å²) in [6, 6.07) is 23.9. The first kappa shape index (κ1) is 23.4. The maximum absolute atomic E-state index is 12.7. The summed E-state index contributed by atoms with van der Waals surface area (Å²) in [5.41, 5.74) is 1.27. The van der Waals surface area contributed by atoms with Crippen molar-refractivity contribution in [3.8, 4) is 5.75 Å². The summed E-state index contributed by atoms with van der Waals surface area (Å²) in [6.07, 6.45) is 1.66. The molecule has 2 aromatic heterocycles. The Bertz CT molecular complexity index is 1360. The van der Waals surface area contributed by atoms with E-state index in [4.69, 9.17) is 4.74 Å². The molecule has 0 saturated heterocycles. The number of amides is 2. The number of pyridine rings is 1. The van der Waals surface area contributed by atoms with Crippen LogP contribution in [0.1, 0.15) is 26.5 Å². The van der Waals surface area contributed by atoms with Gasteiger partial charge in [-0.15, -0.1) is 0 Å². The Kier molecular flexibility index (Phi) is 7.59. The number of carbonyl (C=O) groups excluding carboxylic acids is 2. The number of nitrogens with zero attached hydrogens (tertiary/aromatic N) is 3. The van der Waals surface area contributed by atoms with Crippen LogP contribution >= 0.6 is 0 Å². The lowest BCUT2D eigenvalue weighted by molar-refractivity contribution is 0.0949. The van der Waals surface area contributed by atoms with Crippen LogP contribution in [0.4, 0.5) is 5.69 Å². The predicted octanol–water partition coefficient (Wildman–Crippen LogP) is 2.90. The van der Waals surface area contributed by atoms with Crippen LogP contribution in [0.25, 0.3) is 0 Å². The van der Waals surface area contributed by atoms with Crippen molar-refractivity contribution in [2.75, 3.05) is 11.9 Å². The van der Waals surface area contributed by atoms with Crippen molar-refractivity contribution in [1.29, 1.82) is 0 Å². The summed E-state index contributed by atoms with van der Waals surface area (Å²) in [5.74, 6) is -0.121. The van der Waals surface area contributed by atoms with Crippen LogP contribution in [0.15, 0.2) is 95.9 Å². The van der Waals surface area contributed by atoms with Gasteiger partial charge in [-0.25, -0.2) is 4.68 Å². The number of aromatic nitrogens is 3. The van der Waals surface area contributed by atoms with E-state index in [9.17, 15) is 14.4 Å². The Labute approximate surface area is 201 Å². The van der Waals surface area contributed by atoms with Gasteiger partial charge in [0.05, 0.1) is 18.8 Å². The third-order valence-corrected chi connectivity index (χ3v) is 4.95. The minimum absolute atomic E-state index is 0.0642. The molecular formula is C26H23N5O4. The molecule has 9 heteroatoms. The highest BCUT2D eigenvalue weighted by molar-refractivity contribution is 6.03. The van der Waals surface area contributed by atoms with Crippen molar-refractivity contribution in [3.05, 3.63) is 118 Å². The fraction of sp³-hybridized carbons (Fsp3) is 0.115. The molecule has 0 aliphatic heterocycles. The highest BCUT2D eigenvalue weighted by Crippen LogP contribution is 2.12. The van der Waals surface area contributed by atoms with E-state index in [1.54, 1.807) is 36.5 Å². The van der Waals surface area contributed by atoms with Gasteiger partial charge in [0, 0.05) is 23.5 Å². The van der Waals surface area contributed by atoms with Crippen LogP contribution in [0.5, 0.6) is 5.75 Å². The molecule has 2 N–H and O–H groups in total. The molecule has 35 heavy (non-hydrogen) atoms. The molecule has 9 nitrogen and oxygen atoms in total. The van der Waals surface area contributed by atoms with Gasteiger partial charge in [0.2, 0.25) is 0 Å². The first-order valence-corrected chi connectivity index (χ1v) is 10.9. The molecule has 4 rings (SSSR count). The van der Waals surface area contributed by atoms with Crippen molar-refractivity contribution in [2.45, 2.75) is 13.1 Å². The van der Waals surface area contributed by atoms with E-state index in [1.807, 2.05) is 42.5 Å².